The molecule has 0 radical (unpaired) electrons. The predicted octanol–water partition coefficient (Wildman–Crippen LogP) is 2.85. The van der Waals surface area contributed by atoms with Crippen molar-refractivity contribution in [3.05, 3.63) is 70.0 Å². The number of hydrogen-bond acceptors (Lipinski definition) is 4. The van der Waals surface area contributed by atoms with Gasteiger partial charge in [0.15, 0.2) is 5.82 Å². The molecule has 0 saturated carbocycles. The Labute approximate surface area is 136 Å². The van der Waals surface area contributed by atoms with Gasteiger partial charge < -0.3 is 0 Å². The largest absolute Gasteiger partial charge is 0.286 e. The van der Waals surface area contributed by atoms with Crippen LogP contribution in [0.3, 0.4) is 0 Å². The van der Waals surface area contributed by atoms with Crippen LogP contribution in [0.4, 0.5) is 0 Å². The Hall–Kier alpha value is -3.52. The number of nitrogens with zero attached hydrogens (tertiary/aromatic N) is 4. The molecule has 0 spiro atoms. The van der Waals surface area contributed by atoms with Crippen molar-refractivity contribution in [2.45, 2.75) is 6.54 Å². The van der Waals surface area contributed by atoms with Crippen molar-refractivity contribution in [2.75, 3.05) is 0 Å². The maximum atomic E-state index is 12.7. The molecule has 5 heteroatoms. The summed E-state index contributed by atoms with van der Waals surface area (Å²) in [5.41, 5.74) is 3.42. The Morgan fingerprint density at radius 1 is 1.08 bits per heavy atom. The number of para-hydroxylation sites is 2. The summed E-state index contributed by atoms with van der Waals surface area (Å²) in [5, 5.41) is 10.8. The molecule has 0 amide bonds. The average molecular weight is 310 g/mol. The molecule has 1 aliphatic heterocycles. The maximum absolute atomic E-state index is 12.7. The van der Waals surface area contributed by atoms with E-state index in [0.717, 1.165) is 10.9 Å². The highest BCUT2D eigenvalue weighted by atomic mass is 16.1. The second-order valence-electron chi connectivity index (χ2n) is 5.83. The minimum absolute atomic E-state index is 0.0573. The van der Waals surface area contributed by atoms with Gasteiger partial charge in [0.2, 0.25) is 0 Å². The molecule has 0 unspecified atom stereocenters. The molecule has 5 rings (SSSR count). The van der Waals surface area contributed by atoms with Crippen LogP contribution in [0.1, 0.15) is 11.1 Å². The molecule has 0 saturated heterocycles. The SMILES string of the molecule is N#Cc1cccc2cc3c(nc12)-c1nc2ccccc2c(=O)n1C3. The van der Waals surface area contributed by atoms with Crippen LogP contribution in [0.5, 0.6) is 0 Å². The van der Waals surface area contributed by atoms with Gasteiger partial charge in [-0.15, -0.1) is 0 Å². The first kappa shape index (κ1) is 13.0. The van der Waals surface area contributed by atoms with Crippen molar-refractivity contribution < 1.29 is 0 Å². The number of nitriles is 1. The normalized spacial score (nSPS) is 12.1. The van der Waals surface area contributed by atoms with Crippen LogP contribution < -0.4 is 5.56 Å². The summed E-state index contributed by atoms with van der Waals surface area (Å²) < 4.78 is 1.66. The van der Waals surface area contributed by atoms with Gasteiger partial charge in [0.05, 0.1) is 28.5 Å². The Kier molecular flexibility index (Phi) is 2.43. The van der Waals surface area contributed by atoms with Crippen LogP contribution in [-0.2, 0) is 6.54 Å². The van der Waals surface area contributed by atoms with Crippen molar-refractivity contribution in [1.82, 2.24) is 14.5 Å². The van der Waals surface area contributed by atoms with E-state index < -0.39 is 0 Å². The quantitative estimate of drug-likeness (QED) is 0.441. The van der Waals surface area contributed by atoms with Crippen molar-refractivity contribution >= 4 is 21.8 Å². The van der Waals surface area contributed by atoms with E-state index in [-0.39, 0.29) is 5.56 Å². The van der Waals surface area contributed by atoms with E-state index in [1.165, 1.54) is 0 Å². The zero-order valence-corrected chi connectivity index (χ0v) is 12.5. The zero-order chi connectivity index (χ0) is 16.3. The molecule has 0 atom stereocenters. The van der Waals surface area contributed by atoms with Gasteiger partial charge in [-0.2, -0.15) is 5.26 Å². The molecular weight excluding hydrogens is 300 g/mol. The van der Waals surface area contributed by atoms with Gasteiger partial charge >= 0.3 is 0 Å². The lowest BCUT2D eigenvalue weighted by Gasteiger charge is -2.05. The van der Waals surface area contributed by atoms with Gasteiger partial charge in [0.25, 0.3) is 5.56 Å². The summed E-state index contributed by atoms with van der Waals surface area (Å²) in [7, 11) is 0. The molecule has 0 N–H and O–H groups in total. The number of aromatic nitrogens is 3. The van der Waals surface area contributed by atoms with Crippen molar-refractivity contribution in [3.8, 4) is 17.6 Å². The number of rotatable bonds is 0. The van der Waals surface area contributed by atoms with Crippen LogP contribution >= 0.6 is 0 Å². The highest BCUT2D eigenvalue weighted by Gasteiger charge is 2.24. The minimum atomic E-state index is -0.0573. The van der Waals surface area contributed by atoms with E-state index in [9.17, 15) is 10.1 Å². The molecule has 2 aromatic heterocycles. The van der Waals surface area contributed by atoms with Crippen molar-refractivity contribution in [3.63, 3.8) is 0 Å². The fraction of sp³-hybridized carbons (Fsp3) is 0.0526. The summed E-state index contributed by atoms with van der Waals surface area (Å²) in [6.45, 7) is 0.459. The average Bonchev–Trinajstić information content (AvgIpc) is 2.97. The second kappa shape index (κ2) is 4.49. The maximum Gasteiger partial charge on any atom is 0.262 e. The molecule has 0 fully saturated rings. The van der Waals surface area contributed by atoms with Gasteiger partial charge in [0, 0.05) is 10.9 Å². The first-order valence-electron chi connectivity index (χ1n) is 7.59. The van der Waals surface area contributed by atoms with E-state index in [1.54, 1.807) is 16.7 Å². The number of fused-ring (bicyclic) bond motifs is 5. The third-order valence-corrected chi connectivity index (χ3v) is 4.45. The lowest BCUT2D eigenvalue weighted by molar-refractivity contribution is 0.797. The number of benzene rings is 2. The van der Waals surface area contributed by atoms with Crippen LogP contribution in [0.2, 0.25) is 0 Å². The highest BCUT2D eigenvalue weighted by molar-refractivity contribution is 5.88. The highest BCUT2D eigenvalue weighted by Crippen LogP contribution is 2.31. The Morgan fingerprint density at radius 2 is 1.96 bits per heavy atom. The first-order valence-corrected chi connectivity index (χ1v) is 7.59. The summed E-state index contributed by atoms with van der Waals surface area (Å²) in [4.78, 5) is 22.1. The molecule has 4 aromatic rings. The molecule has 0 aliphatic carbocycles. The van der Waals surface area contributed by atoms with E-state index in [4.69, 9.17) is 0 Å². The lowest BCUT2D eigenvalue weighted by Crippen LogP contribution is -2.20. The summed E-state index contributed by atoms with van der Waals surface area (Å²) >= 11 is 0. The molecule has 1 aliphatic rings. The molecule has 24 heavy (non-hydrogen) atoms. The van der Waals surface area contributed by atoms with Crippen molar-refractivity contribution in [1.29, 1.82) is 5.26 Å². The van der Waals surface area contributed by atoms with Gasteiger partial charge in [0.1, 0.15) is 11.8 Å². The Balaban J connectivity index is 1.89. The zero-order valence-electron chi connectivity index (χ0n) is 12.5. The lowest BCUT2D eigenvalue weighted by atomic mass is 10.1. The Bertz CT molecular complexity index is 1260. The van der Waals surface area contributed by atoms with E-state index >= 15 is 0 Å². The first-order chi connectivity index (χ1) is 11.8. The van der Waals surface area contributed by atoms with Gasteiger partial charge in [-0.05, 0) is 24.3 Å². The number of pyridine rings is 1. The summed E-state index contributed by atoms with van der Waals surface area (Å²) in [5.74, 6) is 0.573. The fourth-order valence-corrected chi connectivity index (χ4v) is 3.31. The van der Waals surface area contributed by atoms with E-state index in [2.05, 4.69) is 16.0 Å². The topological polar surface area (TPSA) is 71.6 Å². The second-order valence-corrected chi connectivity index (χ2v) is 5.83. The smallest absolute Gasteiger partial charge is 0.262 e. The fourth-order valence-electron chi connectivity index (χ4n) is 3.31. The van der Waals surface area contributed by atoms with E-state index in [1.807, 2.05) is 36.4 Å². The van der Waals surface area contributed by atoms with Gasteiger partial charge in [-0.3, -0.25) is 9.36 Å². The number of hydrogen-bond donors (Lipinski definition) is 0. The van der Waals surface area contributed by atoms with Gasteiger partial charge in [-0.1, -0.05) is 24.3 Å². The molecule has 0 bridgehead atoms. The molecule has 3 heterocycles. The van der Waals surface area contributed by atoms with Crippen molar-refractivity contribution in [2.24, 2.45) is 0 Å². The van der Waals surface area contributed by atoms with E-state index in [0.29, 0.717) is 40.0 Å². The van der Waals surface area contributed by atoms with Crippen LogP contribution in [0, 0.1) is 11.3 Å². The standard InChI is InChI=1S/C19H10N4O/c20-9-12-5-3-4-11-8-13-10-23-18(17(13)22-16(11)12)21-15-7-2-1-6-14(15)19(23)24/h1-8H,10H2. The molecular formula is C19H10N4O. The van der Waals surface area contributed by atoms with Crippen LogP contribution in [-0.4, -0.2) is 14.5 Å². The monoisotopic (exact) mass is 310 g/mol. The minimum Gasteiger partial charge on any atom is -0.286 e. The third-order valence-electron chi connectivity index (χ3n) is 4.45. The van der Waals surface area contributed by atoms with Crippen LogP contribution in [0.25, 0.3) is 33.3 Å². The van der Waals surface area contributed by atoms with Gasteiger partial charge in [-0.25, -0.2) is 9.97 Å². The molecule has 2 aromatic carbocycles. The third kappa shape index (κ3) is 1.60. The molecule has 112 valence electrons. The summed E-state index contributed by atoms with van der Waals surface area (Å²) in [6.07, 6.45) is 0. The summed E-state index contributed by atoms with van der Waals surface area (Å²) in [6, 6.07) is 17.0. The predicted molar refractivity (Wildman–Crippen MR) is 90.6 cm³/mol. The Morgan fingerprint density at radius 3 is 2.83 bits per heavy atom. The van der Waals surface area contributed by atoms with Crippen LogP contribution in [0.15, 0.2) is 53.3 Å². The molecule has 5 nitrogen and oxygen atoms in total.